The zero-order valence-electron chi connectivity index (χ0n) is 9.25. The summed E-state index contributed by atoms with van der Waals surface area (Å²) in [5.74, 6) is 0.343. The standard InChI is InChI=1S/C10H21NO2S/c1-4-5-9(10(12)13)11-8(2)6-7-14-3/h8-9,11H,4-7H2,1-3H3,(H,12,13). The average Bonchev–Trinajstić information content (AvgIpc) is 2.14. The molecule has 0 aromatic heterocycles. The molecular formula is C10H21NO2S. The molecule has 0 aliphatic rings. The van der Waals surface area contributed by atoms with E-state index in [2.05, 4.69) is 11.6 Å². The van der Waals surface area contributed by atoms with Crippen molar-refractivity contribution < 1.29 is 9.90 Å². The van der Waals surface area contributed by atoms with Gasteiger partial charge in [0.05, 0.1) is 0 Å². The van der Waals surface area contributed by atoms with E-state index >= 15 is 0 Å². The SMILES string of the molecule is CCCC(NC(C)CCSC)C(=O)O. The van der Waals surface area contributed by atoms with E-state index in [-0.39, 0.29) is 12.1 Å². The van der Waals surface area contributed by atoms with Gasteiger partial charge in [-0.05, 0) is 31.8 Å². The van der Waals surface area contributed by atoms with Crippen LogP contribution in [0, 0.1) is 0 Å². The van der Waals surface area contributed by atoms with Gasteiger partial charge in [0.2, 0.25) is 0 Å². The molecule has 3 nitrogen and oxygen atoms in total. The Morgan fingerprint density at radius 2 is 2.14 bits per heavy atom. The summed E-state index contributed by atoms with van der Waals surface area (Å²) < 4.78 is 0. The van der Waals surface area contributed by atoms with Crippen molar-refractivity contribution in [3.63, 3.8) is 0 Å². The molecule has 0 saturated heterocycles. The molecule has 84 valence electrons. The molecule has 0 aliphatic carbocycles. The van der Waals surface area contributed by atoms with Crippen molar-refractivity contribution in [1.82, 2.24) is 5.32 Å². The van der Waals surface area contributed by atoms with E-state index in [1.54, 1.807) is 11.8 Å². The Balaban J connectivity index is 3.83. The Morgan fingerprint density at radius 3 is 2.57 bits per heavy atom. The van der Waals surface area contributed by atoms with E-state index in [0.717, 1.165) is 18.6 Å². The second-order valence-electron chi connectivity index (χ2n) is 3.53. The first-order valence-electron chi connectivity index (χ1n) is 5.09. The molecule has 0 aromatic rings. The first-order chi connectivity index (χ1) is 6.61. The van der Waals surface area contributed by atoms with Gasteiger partial charge in [-0.15, -0.1) is 0 Å². The van der Waals surface area contributed by atoms with E-state index in [0.29, 0.717) is 6.42 Å². The summed E-state index contributed by atoms with van der Waals surface area (Å²) >= 11 is 1.79. The fraction of sp³-hybridized carbons (Fsp3) is 0.900. The van der Waals surface area contributed by atoms with Crippen LogP contribution in [-0.2, 0) is 4.79 Å². The van der Waals surface area contributed by atoms with Crippen LogP contribution in [0.15, 0.2) is 0 Å². The zero-order chi connectivity index (χ0) is 11.0. The monoisotopic (exact) mass is 219 g/mol. The predicted octanol–water partition coefficient (Wildman–Crippen LogP) is 1.97. The van der Waals surface area contributed by atoms with Crippen molar-refractivity contribution in [2.75, 3.05) is 12.0 Å². The molecule has 0 saturated carbocycles. The Morgan fingerprint density at radius 1 is 1.50 bits per heavy atom. The molecule has 0 aromatic carbocycles. The minimum Gasteiger partial charge on any atom is -0.480 e. The number of carbonyl (C=O) groups is 1. The van der Waals surface area contributed by atoms with Crippen molar-refractivity contribution in [3.05, 3.63) is 0 Å². The maximum Gasteiger partial charge on any atom is 0.320 e. The molecule has 0 radical (unpaired) electrons. The van der Waals surface area contributed by atoms with Crippen LogP contribution in [0.4, 0.5) is 0 Å². The van der Waals surface area contributed by atoms with E-state index < -0.39 is 5.97 Å². The molecule has 2 atom stereocenters. The summed E-state index contributed by atoms with van der Waals surface area (Å²) in [6.07, 6.45) is 4.69. The molecule has 0 bridgehead atoms. The number of thioether (sulfide) groups is 1. The van der Waals surface area contributed by atoms with Gasteiger partial charge in [-0.25, -0.2) is 0 Å². The van der Waals surface area contributed by atoms with Crippen LogP contribution in [0.3, 0.4) is 0 Å². The molecule has 0 rings (SSSR count). The third-order valence-electron chi connectivity index (χ3n) is 2.12. The number of carboxylic acid groups (broad SMARTS) is 1. The van der Waals surface area contributed by atoms with Crippen LogP contribution in [-0.4, -0.2) is 35.2 Å². The molecule has 2 unspecified atom stereocenters. The summed E-state index contributed by atoms with van der Waals surface area (Å²) in [7, 11) is 0. The summed E-state index contributed by atoms with van der Waals surface area (Å²) in [6, 6.07) is -0.0908. The van der Waals surface area contributed by atoms with Crippen LogP contribution in [0.25, 0.3) is 0 Å². The Hall–Kier alpha value is -0.220. The lowest BCUT2D eigenvalue weighted by Gasteiger charge is -2.19. The van der Waals surface area contributed by atoms with Crippen molar-refractivity contribution in [2.45, 2.75) is 45.2 Å². The van der Waals surface area contributed by atoms with Gasteiger partial charge < -0.3 is 10.4 Å². The lowest BCUT2D eigenvalue weighted by molar-refractivity contribution is -0.139. The summed E-state index contributed by atoms with van der Waals surface area (Å²) in [5.41, 5.74) is 0. The van der Waals surface area contributed by atoms with Crippen molar-refractivity contribution in [3.8, 4) is 0 Å². The highest BCUT2D eigenvalue weighted by molar-refractivity contribution is 7.98. The molecule has 2 N–H and O–H groups in total. The molecule has 0 fully saturated rings. The molecular weight excluding hydrogens is 198 g/mol. The van der Waals surface area contributed by atoms with Crippen LogP contribution in [0.5, 0.6) is 0 Å². The predicted molar refractivity (Wildman–Crippen MR) is 61.9 cm³/mol. The molecule has 0 spiro atoms. The Labute approximate surface area is 90.7 Å². The van der Waals surface area contributed by atoms with Crippen molar-refractivity contribution in [2.24, 2.45) is 0 Å². The number of hydrogen-bond donors (Lipinski definition) is 2. The van der Waals surface area contributed by atoms with Gasteiger partial charge in [0.25, 0.3) is 0 Å². The average molecular weight is 219 g/mol. The van der Waals surface area contributed by atoms with Gasteiger partial charge in [0.1, 0.15) is 6.04 Å². The third kappa shape index (κ3) is 6.27. The molecule has 4 heteroatoms. The first kappa shape index (κ1) is 13.8. The summed E-state index contributed by atoms with van der Waals surface area (Å²) in [6.45, 7) is 4.05. The number of nitrogens with one attached hydrogen (secondary N) is 1. The molecule has 0 aliphatic heterocycles. The number of carboxylic acids is 1. The van der Waals surface area contributed by atoms with Crippen LogP contribution >= 0.6 is 11.8 Å². The largest absolute Gasteiger partial charge is 0.480 e. The Kier molecular flexibility index (Phi) is 7.99. The Bertz CT molecular complexity index is 164. The second-order valence-corrected chi connectivity index (χ2v) is 4.51. The van der Waals surface area contributed by atoms with Crippen LogP contribution in [0.2, 0.25) is 0 Å². The number of hydrogen-bond acceptors (Lipinski definition) is 3. The molecule has 0 heterocycles. The highest BCUT2D eigenvalue weighted by atomic mass is 32.2. The fourth-order valence-corrected chi connectivity index (χ4v) is 1.88. The second kappa shape index (κ2) is 8.12. The first-order valence-corrected chi connectivity index (χ1v) is 6.49. The lowest BCUT2D eigenvalue weighted by atomic mass is 10.1. The quantitative estimate of drug-likeness (QED) is 0.655. The van der Waals surface area contributed by atoms with E-state index in [9.17, 15) is 4.79 Å². The normalized spacial score (nSPS) is 15.1. The van der Waals surface area contributed by atoms with E-state index in [4.69, 9.17) is 5.11 Å². The maximum atomic E-state index is 10.8. The smallest absolute Gasteiger partial charge is 0.320 e. The minimum atomic E-state index is -0.733. The van der Waals surface area contributed by atoms with Gasteiger partial charge in [-0.3, -0.25) is 4.79 Å². The van der Waals surface area contributed by atoms with Gasteiger partial charge in [-0.2, -0.15) is 11.8 Å². The molecule has 14 heavy (non-hydrogen) atoms. The number of rotatable bonds is 8. The third-order valence-corrected chi connectivity index (χ3v) is 2.76. The van der Waals surface area contributed by atoms with Crippen molar-refractivity contribution >= 4 is 17.7 Å². The highest BCUT2D eigenvalue weighted by Crippen LogP contribution is 2.04. The van der Waals surface area contributed by atoms with Gasteiger partial charge in [0.15, 0.2) is 0 Å². The van der Waals surface area contributed by atoms with Crippen LogP contribution in [0.1, 0.15) is 33.1 Å². The fourth-order valence-electron chi connectivity index (χ4n) is 1.29. The molecule has 0 amide bonds. The minimum absolute atomic E-state index is 0.287. The maximum absolute atomic E-state index is 10.8. The summed E-state index contributed by atoms with van der Waals surface area (Å²) in [5, 5.41) is 12.1. The van der Waals surface area contributed by atoms with E-state index in [1.165, 1.54) is 0 Å². The number of aliphatic carboxylic acids is 1. The van der Waals surface area contributed by atoms with Gasteiger partial charge in [-0.1, -0.05) is 13.3 Å². The highest BCUT2D eigenvalue weighted by Gasteiger charge is 2.17. The van der Waals surface area contributed by atoms with Gasteiger partial charge >= 0.3 is 5.97 Å². The zero-order valence-corrected chi connectivity index (χ0v) is 10.1. The van der Waals surface area contributed by atoms with Crippen molar-refractivity contribution in [1.29, 1.82) is 0 Å². The lowest BCUT2D eigenvalue weighted by Crippen LogP contribution is -2.42. The summed E-state index contributed by atoms with van der Waals surface area (Å²) in [4.78, 5) is 10.8. The van der Waals surface area contributed by atoms with E-state index in [1.807, 2.05) is 13.8 Å². The van der Waals surface area contributed by atoms with Gasteiger partial charge in [0, 0.05) is 6.04 Å². The topological polar surface area (TPSA) is 49.3 Å². The van der Waals surface area contributed by atoms with Crippen LogP contribution < -0.4 is 5.32 Å².